The Morgan fingerprint density at radius 1 is 1.13 bits per heavy atom. The van der Waals surface area contributed by atoms with E-state index in [1.807, 2.05) is 35.2 Å². The van der Waals surface area contributed by atoms with Crippen molar-refractivity contribution in [3.63, 3.8) is 0 Å². The second-order valence-corrected chi connectivity index (χ2v) is 8.34. The zero-order valence-electron chi connectivity index (χ0n) is 12.9. The molecule has 1 aromatic carbocycles. The van der Waals surface area contributed by atoms with Crippen LogP contribution in [0.25, 0.3) is 0 Å². The summed E-state index contributed by atoms with van der Waals surface area (Å²) in [5.74, 6) is 0.466. The van der Waals surface area contributed by atoms with Gasteiger partial charge in [0.2, 0.25) is 11.8 Å². The molecule has 1 atom stereocenters. The van der Waals surface area contributed by atoms with E-state index in [4.69, 9.17) is 0 Å². The first-order chi connectivity index (χ1) is 11.1. The number of benzene rings is 1. The van der Waals surface area contributed by atoms with Crippen molar-refractivity contribution in [2.75, 3.05) is 23.7 Å². The Labute approximate surface area is 138 Å². The Morgan fingerprint density at radius 3 is 2.39 bits per heavy atom. The van der Waals surface area contributed by atoms with Crippen LogP contribution in [0.2, 0.25) is 0 Å². The molecule has 2 amide bonds. The van der Waals surface area contributed by atoms with Gasteiger partial charge in [-0.05, 0) is 25.0 Å². The third-order valence-electron chi connectivity index (χ3n) is 5.13. The molecule has 1 aliphatic carbocycles. The lowest BCUT2D eigenvalue weighted by Crippen LogP contribution is -2.56. The van der Waals surface area contributed by atoms with E-state index >= 15 is 0 Å². The largest absolute Gasteiger partial charge is 0.342 e. The molecular formula is C17H20N2O3S. The molecule has 0 aromatic heterocycles. The van der Waals surface area contributed by atoms with Crippen LogP contribution in [0.15, 0.2) is 30.3 Å². The minimum absolute atomic E-state index is 0.0727. The van der Waals surface area contributed by atoms with E-state index in [-0.39, 0.29) is 23.5 Å². The highest BCUT2D eigenvalue weighted by Gasteiger charge is 2.54. The smallest absolute Gasteiger partial charge is 0.240 e. The Balaban J connectivity index is 1.59. The van der Waals surface area contributed by atoms with Crippen LogP contribution < -0.4 is 4.90 Å². The minimum Gasteiger partial charge on any atom is -0.342 e. The Kier molecular flexibility index (Phi) is 3.52. The quantitative estimate of drug-likeness (QED) is 0.825. The van der Waals surface area contributed by atoms with Crippen LogP contribution in [-0.2, 0) is 20.4 Å². The molecule has 2 heterocycles. The van der Waals surface area contributed by atoms with Gasteiger partial charge in [-0.15, -0.1) is 0 Å². The molecular weight excluding hydrogens is 312 g/mol. The number of carbonyl (C=O) groups is 2. The monoisotopic (exact) mass is 332 g/mol. The molecule has 6 heteroatoms. The maximum atomic E-state index is 12.7. The lowest BCUT2D eigenvalue weighted by molar-refractivity contribution is -0.133. The maximum Gasteiger partial charge on any atom is 0.240 e. The summed E-state index contributed by atoms with van der Waals surface area (Å²) in [5, 5.41) is 0. The van der Waals surface area contributed by atoms with Gasteiger partial charge < -0.3 is 4.90 Å². The SMILES string of the molecule is O=C(C1CC1)N1CCC2(CC1)N(c1ccccc1)C(=O)CS2=O. The molecule has 1 unspecified atom stereocenters. The van der Waals surface area contributed by atoms with E-state index in [1.54, 1.807) is 4.90 Å². The molecule has 3 aliphatic rings. The van der Waals surface area contributed by atoms with Crippen LogP contribution in [0.1, 0.15) is 25.7 Å². The molecule has 0 bridgehead atoms. The van der Waals surface area contributed by atoms with Crippen molar-refractivity contribution in [3.8, 4) is 0 Å². The van der Waals surface area contributed by atoms with Gasteiger partial charge in [-0.1, -0.05) is 18.2 Å². The zero-order chi connectivity index (χ0) is 16.0. The molecule has 23 heavy (non-hydrogen) atoms. The predicted octanol–water partition coefficient (Wildman–Crippen LogP) is 1.51. The van der Waals surface area contributed by atoms with Crippen LogP contribution in [0, 0.1) is 5.92 Å². The molecule has 4 rings (SSSR count). The fourth-order valence-electron chi connectivity index (χ4n) is 3.71. The topological polar surface area (TPSA) is 57.7 Å². The molecule has 5 nitrogen and oxygen atoms in total. The van der Waals surface area contributed by atoms with Crippen molar-refractivity contribution in [1.29, 1.82) is 0 Å². The van der Waals surface area contributed by atoms with Crippen molar-refractivity contribution >= 4 is 28.3 Å². The van der Waals surface area contributed by atoms with Gasteiger partial charge in [0.05, 0.1) is 10.8 Å². The molecule has 3 fully saturated rings. The summed E-state index contributed by atoms with van der Waals surface area (Å²) in [6.07, 6.45) is 3.19. The first kappa shape index (κ1) is 14.9. The summed E-state index contributed by atoms with van der Waals surface area (Å²) in [4.78, 5) is 27.7. The van der Waals surface area contributed by atoms with Gasteiger partial charge in [0.15, 0.2) is 0 Å². The maximum absolute atomic E-state index is 12.7. The fourth-order valence-corrected chi connectivity index (χ4v) is 5.38. The summed E-state index contributed by atoms with van der Waals surface area (Å²) < 4.78 is 12.7. The van der Waals surface area contributed by atoms with Crippen LogP contribution in [0.5, 0.6) is 0 Å². The van der Waals surface area contributed by atoms with Crippen molar-refractivity contribution in [1.82, 2.24) is 4.90 Å². The lowest BCUT2D eigenvalue weighted by Gasteiger charge is -2.43. The third kappa shape index (κ3) is 2.40. The first-order valence-electron chi connectivity index (χ1n) is 8.17. The molecule has 122 valence electrons. The van der Waals surface area contributed by atoms with E-state index < -0.39 is 15.7 Å². The summed E-state index contributed by atoms with van der Waals surface area (Å²) in [7, 11) is -1.21. The summed E-state index contributed by atoms with van der Waals surface area (Å²) in [6.45, 7) is 1.19. The molecule has 1 spiro atoms. The average molecular weight is 332 g/mol. The van der Waals surface area contributed by atoms with Gasteiger partial charge >= 0.3 is 0 Å². The van der Waals surface area contributed by atoms with Crippen LogP contribution in [0.3, 0.4) is 0 Å². The third-order valence-corrected chi connectivity index (χ3v) is 7.08. The van der Waals surface area contributed by atoms with E-state index in [0.29, 0.717) is 25.9 Å². The molecule has 0 radical (unpaired) electrons. The molecule has 0 N–H and O–H groups in total. The number of anilines is 1. The number of piperidine rings is 1. The Morgan fingerprint density at radius 2 is 1.78 bits per heavy atom. The van der Waals surface area contributed by atoms with Crippen molar-refractivity contribution in [2.45, 2.75) is 30.6 Å². The predicted molar refractivity (Wildman–Crippen MR) is 88.2 cm³/mol. The van der Waals surface area contributed by atoms with Gasteiger partial charge in [0, 0.05) is 37.5 Å². The number of amides is 2. The van der Waals surface area contributed by atoms with Gasteiger partial charge in [-0.2, -0.15) is 0 Å². The number of likely N-dealkylation sites (tertiary alicyclic amines) is 1. The Bertz CT molecular complexity index is 664. The second-order valence-electron chi connectivity index (χ2n) is 6.60. The van der Waals surface area contributed by atoms with Crippen molar-refractivity contribution in [3.05, 3.63) is 30.3 Å². The summed E-state index contributed by atoms with van der Waals surface area (Å²) >= 11 is 0. The molecule has 2 saturated heterocycles. The van der Waals surface area contributed by atoms with E-state index in [0.717, 1.165) is 18.5 Å². The van der Waals surface area contributed by atoms with Crippen molar-refractivity contribution in [2.24, 2.45) is 5.92 Å². The number of hydrogen-bond donors (Lipinski definition) is 0. The highest BCUT2D eigenvalue weighted by molar-refractivity contribution is 7.88. The van der Waals surface area contributed by atoms with E-state index in [9.17, 15) is 13.8 Å². The minimum atomic E-state index is -1.21. The highest BCUT2D eigenvalue weighted by Crippen LogP contribution is 2.41. The number of hydrogen-bond acceptors (Lipinski definition) is 3. The molecule has 2 aliphatic heterocycles. The lowest BCUT2D eigenvalue weighted by atomic mass is 10.0. The number of nitrogens with zero attached hydrogens (tertiary/aromatic N) is 2. The van der Waals surface area contributed by atoms with Gasteiger partial charge in [-0.3, -0.25) is 18.7 Å². The van der Waals surface area contributed by atoms with Gasteiger partial charge in [0.1, 0.15) is 10.6 Å². The van der Waals surface area contributed by atoms with Crippen molar-refractivity contribution < 1.29 is 13.8 Å². The van der Waals surface area contributed by atoms with E-state index in [1.165, 1.54) is 0 Å². The Hall–Kier alpha value is -1.69. The van der Waals surface area contributed by atoms with Crippen LogP contribution in [-0.4, -0.2) is 44.6 Å². The number of rotatable bonds is 2. The average Bonchev–Trinajstić information content (AvgIpc) is 3.37. The fraction of sp³-hybridized carbons (Fsp3) is 0.529. The summed E-state index contributed by atoms with van der Waals surface area (Å²) in [5.41, 5.74) is 0.810. The number of para-hydroxylation sites is 1. The molecule has 1 saturated carbocycles. The van der Waals surface area contributed by atoms with Crippen LogP contribution >= 0.6 is 0 Å². The normalized spacial score (nSPS) is 26.8. The standard InChI is InChI=1S/C17H20N2O3S/c20-15-12-23(22)17(19(15)14-4-2-1-3-5-14)8-10-18(11-9-17)16(21)13-6-7-13/h1-5,13H,6-12H2. The van der Waals surface area contributed by atoms with Gasteiger partial charge in [0.25, 0.3) is 0 Å². The first-order valence-corrected chi connectivity index (χ1v) is 9.49. The highest BCUT2D eigenvalue weighted by atomic mass is 32.2. The van der Waals surface area contributed by atoms with Gasteiger partial charge in [-0.25, -0.2) is 0 Å². The van der Waals surface area contributed by atoms with E-state index in [2.05, 4.69) is 0 Å². The number of carbonyl (C=O) groups excluding carboxylic acids is 2. The van der Waals surface area contributed by atoms with Crippen LogP contribution in [0.4, 0.5) is 5.69 Å². The summed E-state index contributed by atoms with van der Waals surface area (Å²) in [6, 6.07) is 9.48. The molecule has 1 aromatic rings. The zero-order valence-corrected chi connectivity index (χ0v) is 13.8. The second kappa shape index (κ2) is 5.44.